The van der Waals surface area contributed by atoms with Crippen LogP contribution in [0.5, 0.6) is 5.75 Å². The number of methoxy groups -OCH3 is 1. The first-order chi connectivity index (χ1) is 16.2. The quantitative estimate of drug-likeness (QED) is 0.531. The van der Waals surface area contributed by atoms with Gasteiger partial charge in [-0.15, -0.1) is 24.5 Å². The van der Waals surface area contributed by atoms with E-state index in [0.717, 1.165) is 0 Å². The summed E-state index contributed by atoms with van der Waals surface area (Å²) in [5, 5.41) is 11.8. The molecule has 2 aliphatic heterocycles. The number of hydrogen-bond acceptors (Lipinski definition) is 8. The standard InChI is InChI=1S/C21H21F3N4O5S/c1-10(31-2)13-7-14(18-25-5-6-34-18)16-15(17(13)33-21(22,23)24)26-19(32-16)27-8-11-3-4-12(9-27)28(11)20(29)30/h5-7,10-12H,3-4,8-9H2,1-2H3,(H,29,30). The second-order valence-electron chi connectivity index (χ2n) is 8.26. The summed E-state index contributed by atoms with van der Waals surface area (Å²) >= 11 is 1.31. The minimum absolute atomic E-state index is 0.0908. The number of halogens is 3. The van der Waals surface area contributed by atoms with Crippen molar-refractivity contribution in [2.75, 3.05) is 25.1 Å². The van der Waals surface area contributed by atoms with E-state index in [4.69, 9.17) is 9.15 Å². The number of anilines is 1. The number of ether oxygens (including phenoxy) is 2. The van der Waals surface area contributed by atoms with Gasteiger partial charge in [-0.2, -0.15) is 4.98 Å². The van der Waals surface area contributed by atoms with E-state index in [2.05, 4.69) is 14.7 Å². The Bertz CT molecular complexity index is 1200. The number of piperazine rings is 1. The van der Waals surface area contributed by atoms with Gasteiger partial charge in [0.15, 0.2) is 16.8 Å². The molecule has 0 spiro atoms. The van der Waals surface area contributed by atoms with Crippen molar-refractivity contribution in [3.8, 4) is 16.3 Å². The summed E-state index contributed by atoms with van der Waals surface area (Å²) in [7, 11) is 1.39. The minimum atomic E-state index is -4.96. The van der Waals surface area contributed by atoms with Crippen molar-refractivity contribution in [3.63, 3.8) is 0 Å². The maximum absolute atomic E-state index is 13.4. The zero-order valence-electron chi connectivity index (χ0n) is 18.2. The lowest BCUT2D eigenvalue weighted by molar-refractivity contribution is -0.274. The zero-order chi connectivity index (χ0) is 24.2. The van der Waals surface area contributed by atoms with Crippen LogP contribution in [0.2, 0.25) is 0 Å². The highest BCUT2D eigenvalue weighted by atomic mass is 32.1. The van der Waals surface area contributed by atoms with Crippen molar-refractivity contribution >= 4 is 34.5 Å². The Balaban J connectivity index is 1.65. The molecule has 1 amide bonds. The van der Waals surface area contributed by atoms with Crippen LogP contribution in [0.1, 0.15) is 31.4 Å². The van der Waals surface area contributed by atoms with Gasteiger partial charge in [-0.1, -0.05) is 0 Å². The Morgan fingerprint density at radius 3 is 2.59 bits per heavy atom. The van der Waals surface area contributed by atoms with E-state index < -0.39 is 24.3 Å². The van der Waals surface area contributed by atoms with E-state index in [-0.39, 0.29) is 34.8 Å². The van der Waals surface area contributed by atoms with E-state index in [1.807, 2.05) is 0 Å². The molecule has 2 bridgehead atoms. The largest absolute Gasteiger partial charge is 0.573 e. The Hall–Kier alpha value is -3.06. The van der Waals surface area contributed by atoms with Crippen LogP contribution in [0.3, 0.4) is 0 Å². The van der Waals surface area contributed by atoms with Crippen LogP contribution >= 0.6 is 11.3 Å². The topological polar surface area (TPSA) is 101 Å². The Morgan fingerprint density at radius 2 is 2.03 bits per heavy atom. The molecule has 13 heteroatoms. The fourth-order valence-electron chi connectivity index (χ4n) is 4.74. The summed E-state index contributed by atoms with van der Waals surface area (Å²) in [6, 6.07) is 1.17. The molecule has 3 atom stereocenters. The molecule has 2 fully saturated rings. The molecule has 2 aliphatic rings. The van der Waals surface area contributed by atoms with Crippen LogP contribution in [0.15, 0.2) is 22.1 Å². The number of amides is 1. The molecule has 9 nitrogen and oxygen atoms in total. The van der Waals surface area contributed by atoms with Crippen molar-refractivity contribution in [2.45, 2.75) is 44.3 Å². The second kappa shape index (κ2) is 8.31. The van der Waals surface area contributed by atoms with Crippen LogP contribution < -0.4 is 9.64 Å². The number of carbonyl (C=O) groups is 1. The lowest BCUT2D eigenvalue weighted by atomic mass is 10.0. The number of oxazole rings is 1. The lowest BCUT2D eigenvalue weighted by Crippen LogP contribution is -2.55. The first-order valence-electron chi connectivity index (χ1n) is 10.6. The van der Waals surface area contributed by atoms with E-state index in [1.54, 1.807) is 23.4 Å². The van der Waals surface area contributed by atoms with E-state index in [0.29, 0.717) is 36.5 Å². The first-order valence-corrected chi connectivity index (χ1v) is 11.5. The third kappa shape index (κ3) is 3.92. The average molecular weight is 498 g/mol. The van der Waals surface area contributed by atoms with Crippen LogP contribution in [-0.2, 0) is 4.74 Å². The molecule has 3 unspecified atom stereocenters. The molecule has 1 aromatic carbocycles. The summed E-state index contributed by atoms with van der Waals surface area (Å²) in [6.07, 6.45) is -3.66. The molecule has 3 aromatic rings. The third-order valence-corrected chi connectivity index (χ3v) is 7.09. The molecule has 0 aliphatic carbocycles. The van der Waals surface area contributed by atoms with E-state index in [1.165, 1.54) is 29.4 Å². The number of fused-ring (bicyclic) bond motifs is 3. The lowest BCUT2D eigenvalue weighted by Gasteiger charge is -2.38. The van der Waals surface area contributed by atoms with Crippen molar-refractivity contribution in [1.29, 1.82) is 0 Å². The summed E-state index contributed by atoms with van der Waals surface area (Å²) < 4.78 is 55.9. The van der Waals surface area contributed by atoms with Gasteiger partial charge < -0.3 is 23.9 Å². The number of hydrogen-bond donors (Lipinski definition) is 1. The Morgan fingerprint density at radius 1 is 1.32 bits per heavy atom. The normalized spacial score (nSPS) is 21.3. The molecule has 182 valence electrons. The van der Waals surface area contributed by atoms with Gasteiger partial charge >= 0.3 is 12.5 Å². The van der Waals surface area contributed by atoms with Gasteiger partial charge in [-0.05, 0) is 25.8 Å². The number of alkyl halides is 3. The molecule has 34 heavy (non-hydrogen) atoms. The van der Waals surface area contributed by atoms with Gasteiger partial charge in [0.25, 0.3) is 6.01 Å². The molecule has 0 radical (unpaired) electrons. The molecule has 2 saturated heterocycles. The number of rotatable bonds is 5. The fraction of sp³-hybridized carbons (Fsp3) is 0.476. The molecule has 0 saturated carbocycles. The zero-order valence-corrected chi connectivity index (χ0v) is 19.0. The molecular formula is C21H21F3N4O5S. The first kappa shape index (κ1) is 22.7. The number of aromatic nitrogens is 2. The van der Waals surface area contributed by atoms with Crippen LogP contribution in [0, 0.1) is 0 Å². The van der Waals surface area contributed by atoms with Crippen LogP contribution in [-0.4, -0.2) is 64.7 Å². The second-order valence-corrected chi connectivity index (χ2v) is 9.15. The highest BCUT2D eigenvalue weighted by Gasteiger charge is 2.44. The molecule has 5 rings (SSSR count). The van der Waals surface area contributed by atoms with Crippen LogP contribution in [0.4, 0.5) is 24.0 Å². The van der Waals surface area contributed by atoms with E-state index in [9.17, 15) is 23.1 Å². The number of benzene rings is 1. The Labute approximate surface area is 195 Å². The van der Waals surface area contributed by atoms with E-state index >= 15 is 0 Å². The Kier molecular flexibility index (Phi) is 5.55. The predicted octanol–water partition coefficient (Wildman–Crippen LogP) is 4.89. The molecule has 2 aromatic heterocycles. The summed E-state index contributed by atoms with van der Waals surface area (Å²) in [5.74, 6) is -0.487. The van der Waals surface area contributed by atoms with Crippen molar-refractivity contribution < 1.29 is 37.0 Å². The number of nitrogens with zero attached hydrogens (tertiary/aromatic N) is 4. The molecular weight excluding hydrogens is 477 g/mol. The van der Waals surface area contributed by atoms with Gasteiger partial charge in [-0.25, -0.2) is 9.78 Å². The van der Waals surface area contributed by atoms with Gasteiger partial charge in [0.1, 0.15) is 5.01 Å². The average Bonchev–Trinajstić information content (AvgIpc) is 3.51. The summed E-state index contributed by atoms with van der Waals surface area (Å²) in [6.45, 7) is 2.28. The number of carboxylic acid groups (broad SMARTS) is 1. The molecule has 1 N–H and O–H groups in total. The van der Waals surface area contributed by atoms with Gasteiger partial charge in [0.2, 0.25) is 0 Å². The molecule has 4 heterocycles. The van der Waals surface area contributed by atoms with Gasteiger partial charge in [-0.3, -0.25) is 4.90 Å². The third-order valence-electron chi connectivity index (χ3n) is 6.28. The smallest absolute Gasteiger partial charge is 0.465 e. The summed E-state index contributed by atoms with van der Waals surface area (Å²) in [5.41, 5.74) is 0.661. The van der Waals surface area contributed by atoms with Gasteiger partial charge in [0.05, 0.1) is 23.8 Å². The van der Waals surface area contributed by atoms with Crippen molar-refractivity contribution in [1.82, 2.24) is 14.9 Å². The SMILES string of the molecule is COC(C)c1cc(-c2nccs2)c2oc(N3CC4CCC(C3)N4C(=O)O)nc2c1OC(F)(F)F. The maximum atomic E-state index is 13.4. The minimum Gasteiger partial charge on any atom is -0.465 e. The summed E-state index contributed by atoms with van der Waals surface area (Å²) in [4.78, 5) is 23.6. The van der Waals surface area contributed by atoms with Crippen LogP contribution in [0.25, 0.3) is 21.7 Å². The number of thiazole rings is 1. The predicted molar refractivity (Wildman–Crippen MR) is 116 cm³/mol. The maximum Gasteiger partial charge on any atom is 0.573 e. The van der Waals surface area contributed by atoms with Crippen molar-refractivity contribution in [2.24, 2.45) is 0 Å². The fourth-order valence-corrected chi connectivity index (χ4v) is 5.39. The monoisotopic (exact) mass is 498 g/mol. The van der Waals surface area contributed by atoms with Crippen molar-refractivity contribution in [3.05, 3.63) is 23.2 Å². The van der Waals surface area contributed by atoms with Gasteiger partial charge in [0, 0.05) is 37.3 Å². The highest BCUT2D eigenvalue weighted by molar-refractivity contribution is 7.13. The highest BCUT2D eigenvalue weighted by Crippen LogP contribution is 2.45.